The lowest BCUT2D eigenvalue weighted by molar-refractivity contribution is -0.138. The largest absolute Gasteiger partial charge is 0.448 e. The number of thiazole rings is 1. The SMILES string of the molecule is CCc1ccc(-c2nc(C(=O)O[C@H](C)C(=O)N(C)CCC#N)cs2)cc1. The number of aromatic nitrogens is 1. The summed E-state index contributed by atoms with van der Waals surface area (Å²) in [5.74, 6) is -0.980. The van der Waals surface area contributed by atoms with Crippen molar-refractivity contribution in [2.45, 2.75) is 32.8 Å². The zero-order valence-corrected chi connectivity index (χ0v) is 15.9. The smallest absolute Gasteiger partial charge is 0.358 e. The fourth-order valence-corrected chi connectivity index (χ4v) is 3.09. The predicted octanol–water partition coefficient (Wildman–Crippen LogP) is 3.29. The summed E-state index contributed by atoms with van der Waals surface area (Å²) in [6.45, 7) is 3.90. The summed E-state index contributed by atoms with van der Waals surface area (Å²) in [4.78, 5) is 30.1. The van der Waals surface area contributed by atoms with Gasteiger partial charge in [-0.05, 0) is 18.9 Å². The van der Waals surface area contributed by atoms with Gasteiger partial charge in [-0.2, -0.15) is 5.26 Å². The number of carbonyl (C=O) groups excluding carboxylic acids is 2. The van der Waals surface area contributed by atoms with E-state index in [4.69, 9.17) is 10.00 Å². The van der Waals surface area contributed by atoms with Crippen molar-refractivity contribution >= 4 is 23.2 Å². The minimum Gasteiger partial charge on any atom is -0.448 e. The van der Waals surface area contributed by atoms with Crippen molar-refractivity contribution in [2.24, 2.45) is 0 Å². The normalized spacial score (nSPS) is 11.5. The minimum atomic E-state index is -0.930. The van der Waals surface area contributed by atoms with E-state index in [2.05, 4.69) is 11.9 Å². The molecule has 1 atom stereocenters. The van der Waals surface area contributed by atoms with Crippen LogP contribution < -0.4 is 0 Å². The predicted molar refractivity (Wildman–Crippen MR) is 99.7 cm³/mol. The molecule has 0 spiro atoms. The average Bonchev–Trinajstić information content (AvgIpc) is 3.15. The number of rotatable bonds is 7. The van der Waals surface area contributed by atoms with Gasteiger partial charge in [0.05, 0.1) is 12.5 Å². The molecule has 0 fully saturated rings. The Morgan fingerprint density at radius 1 is 1.35 bits per heavy atom. The molecule has 0 saturated heterocycles. The van der Waals surface area contributed by atoms with Gasteiger partial charge >= 0.3 is 5.97 Å². The molecule has 26 heavy (non-hydrogen) atoms. The van der Waals surface area contributed by atoms with Crippen molar-refractivity contribution in [3.63, 3.8) is 0 Å². The Morgan fingerprint density at radius 2 is 2.04 bits per heavy atom. The van der Waals surface area contributed by atoms with Crippen LogP contribution in [-0.4, -0.2) is 41.5 Å². The van der Waals surface area contributed by atoms with E-state index in [1.54, 1.807) is 12.4 Å². The van der Waals surface area contributed by atoms with E-state index in [1.807, 2.05) is 30.3 Å². The second-order valence-corrected chi connectivity index (χ2v) is 6.66. The van der Waals surface area contributed by atoms with Crippen molar-refractivity contribution < 1.29 is 14.3 Å². The molecule has 0 aliphatic heterocycles. The van der Waals surface area contributed by atoms with Crippen LogP contribution in [-0.2, 0) is 16.0 Å². The molecular formula is C19H21N3O3S. The van der Waals surface area contributed by atoms with Crippen LogP contribution in [0.3, 0.4) is 0 Å². The van der Waals surface area contributed by atoms with Crippen molar-refractivity contribution in [3.8, 4) is 16.6 Å². The van der Waals surface area contributed by atoms with Gasteiger partial charge in [0, 0.05) is 24.5 Å². The van der Waals surface area contributed by atoms with Crippen LogP contribution in [0.5, 0.6) is 0 Å². The maximum atomic E-state index is 12.2. The highest BCUT2D eigenvalue weighted by molar-refractivity contribution is 7.13. The summed E-state index contributed by atoms with van der Waals surface area (Å²) in [6, 6.07) is 9.99. The van der Waals surface area contributed by atoms with Crippen molar-refractivity contribution in [2.75, 3.05) is 13.6 Å². The number of ether oxygens (including phenoxy) is 1. The molecule has 0 unspecified atom stereocenters. The molecule has 0 N–H and O–H groups in total. The second kappa shape index (κ2) is 9.11. The zero-order chi connectivity index (χ0) is 19.1. The fourth-order valence-electron chi connectivity index (χ4n) is 2.29. The van der Waals surface area contributed by atoms with Crippen LogP contribution >= 0.6 is 11.3 Å². The summed E-state index contributed by atoms with van der Waals surface area (Å²) < 4.78 is 5.22. The summed E-state index contributed by atoms with van der Waals surface area (Å²) in [5, 5.41) is 10.9. The lowest BCUT2D eigenvalue weighted by Crippen LogP contribution is -2.37. The maximum Gasteiger partial charge on any atom is 0.358 e. The highest BCUT2D eigenvalue weighted by atomic mass is 32.1. The van der Waals surface area contributed by atoms with Gasteiger partial charge in [-0.25, -0.2) is 9.78 Å². The molecule has 0 radical (unpaired) electrons. The molecular weight excluding hydrogens is 350 g/mol. The van der Waals surface area contributed by atoms with E-state index < -0.39 is 12.1 Å². The first kappa shape index (κ1) is 19.6. The molecule has 2 rings (SSSR count). The molecule has 0 aliphatic rings. The molecule has 0 bridgehead atoms. The quantitative estimate of drug-likeness (QED) is 0.698. The van der Waals surface area contributed by atoms with Gasteiger partial charge in [0.15, 0.2) is 11.8 Å². The Hall–Kier alpha value is -2.72. The third-order valence-corrected chi connectivity index (χ3v) is 4.78. The van der Waals surface area contributed by atoms with E-state index in [0.717, 1.165) is 17.0 Å². The first-order valence-corrected chi connectivity index (χ1v) is 9.22. The molecule has 136 valence electrons. The van der Waals surface area contributed by atoms with Crippen LogP contribution in [0.25, 0.3) is 10.6 Å². The highest BCUT2D eigenvalue weighted by Gasteiger charge is 2.23. The van der Waals surface area contributed by atoms with Crippen molar-refractivity contribution in [3.05, 3.63) is 40.9 Å². The standard InChI is InChI=1S/C19H21N3O3S/c1-4-14-6-8-15(9-7-14)17-21-16(12-26-17)19(24)25-13(2)18(23)22(3)11-5-10-20/h6-9,12-13H,4-5,11H2,1-3H3/t13-/m1/s1. The fraction of sp³-hybridized carbons (Fsp3) is 0.368. The Morgan fingerprint density at radius 3 is 2.65 bits per heavy atom. The number of carbonyl (C=O) groups is 2. The Kier molecular flexibility index (Phi) is 6.87. The summed E-state index contributed by atoms with van der Waals surface area (Å²) >= 11 is 1.35. The molecule has 1 heterocycles. The number of esters is 1. The molecule has 6 nitrogen and oxygen atoms in total. The summed E-state index contributed by atoms with van der Waals surface area (Å²) in [6.07, 6.45) is 0.264. The zero-order valence-electron chi connectivity index (χ0n) is 15.1. The van der Waals surface area contributed by atoms with E-state index in [0.29, 0.717) is 6.54 Å². The van der Waals surface area contributed by atoms with Gasteiger partial charge in [-0.3, -0.25) is 4.79 Å². The third-order valence-electron chi connectivity index (χ3n) is 3.89. The number of aryl methyl sites for hydroxylation is 1. The van der Waals surface area contributed by atoms with Gasteiger partial charge in [0.25, 0.3) is 5.91 Å². The molecule has 2 aromatic rings. The van der Waals surface area contributed by atoms with Gasteiger partial charge in [-0.1, -0.05) is 31.2 Å². The van der Waals surface area contributed by atoms with Crippen LogP contribution in [0.15, 0.2) is 29.6 Å². The highest BCUT2D eigenvalue weighted by Crippen LogP contribution is 2.24. The monoisotopic (exact) mass is 371 g/mol. The minimum absolute atomic E-state index is 0.184. The van der Waals surface area contributed by atoms with Gasteiger partial charge in [0.1, 0.15) is 5.01 Å². The average molecular weight is 371 g/mol. The third kappa shape index (κ3) is 4.90. The first-order chi connectivity index (χ1) is 12.5. The van der Waals surface area contributed by atoms with Crippen LogP contribution in [0.1, 0.15) is 36.3 Å². The molecule has 1 aromatic heterocycles. The number of amides is 1. The van der Waals surface area contributed by atoms with Crippen LogP contribution in [0.4, 0.5) is 0 Å². The van der Waals surface area contributed by atoms with Crippen LogP contribution in [0.2, 0.25) is 0 Å². The molecule has 0 aliphatic carbocycles. The van der Waals surface area contributed by atoms with Crippen LogP contribution in [0, 0.1) is 11.3 Å². The Bertz CT molecular complexity index is 808. The number of hydrogen-bond acceptors (Lipinski definition) is 6. The van der Waals surface area contributed by atoms with Crippen molar-refractivity contribution in [1.82, 2.24) is 9.88 Å². The Balaban J connectivity index is 2.00. The van der Waals surface area contributed by atoms with E-state index in [1.165, 1.54) is 28.7 Å². The summed E-state index contributed by atoms with van der Waals surface area (Å²) in [5.41, 5.74) is 2.35. The lowest BCUT2D eigenvalue weighted by Gasteiger charge is -2.20. The molecule has 7 heteroatoms. The van der Waals surface area contributed by atoms with Gasteiger partial charge in [0.2, 0.25) is 0 Å². The molecule has 1 amide bonds. The number of nitrogens with zero attached hydrogens (tertiary/aromatic N) is 3. The number of hydrogen-bond donors (Lipinski definition) is 0. The first-order valence-electron chi connectivity index (χ1n) is 8.34. The Labute approximate surface area is 157 Å². The second-order valence-electron chi connectivity index (χ2n) is 5.80. The van der Waals surface area contributed by atoms with Gasteiger partial charge in [-0.15, -0.1) is 11.3 Å². The van der Waals surface area contributed by atoms with E-state index >= 15 is 0 Å². The topological polar surface area (TPSA) is 83.3 Å². The molecule has 0 saturated carbocycles. The van der Waals surface area contributed by atoms with E-state index in [-0.39, 0.29) is 18.0 Å². The number of likely N-dealkylation sites (N-methyl/N-ethyl adjacent to an activating group) is 1. The van der Waals surface area contributed by atoms with E-state index in [9.17, 15) is 9.59 Å². The number of nitriles is 1. The lowest BCUT2D eigenvalue weighted by atomic mass is 10.1. The maximum absolute atomic E-state index is 12.2. The molecule has 1 aromatic carbocycles. The van der Waals surface area contributed by atoms with Gasteiger partial charge < -0.3 is 9.64 Å². The number of benzene rings is 1. The van der Waals surface area contributed by atoms with Crippen molar-refractivity contribution in [1.29, 1.82) is 5.26 Å². The summed E-state index contributed by atoms with van der Waals surface area (Å²) in [7, 11) is 1.57.